The predicted octanol–water partition coefficient (Wildman–Crippen LogP) is -0.788. The zero-order valence-corrected chi connectivity index (χ0v) is 7.65. The third-order valence-electron chi connectivity index (χ3n) is 1.27. The van der Waals surface area contributed by atoms with Crippen molar-refractivity contribution in [3.8, 4) is 0 Å². The van der Waals surface area contributed by atoms with Crippen LogP contribution in [0.4, 0.5) is 0 Å². The lowest BCUT2D eigenvalue weighted by Gasteiger charge is -2.27. The Balaban J connectivity index is 5.25. The standard InChI is InChI=1S/C3H9O7P2/c1-2-3(4,11(5,6)7)12(8,9)10/h4H,1-2H2,(H2,5,6,7)(H2,8,9,10). The van der Waals surface area contributed by atoms with Gasteiger partial charge in [0.15, 0.2) is 0 Å². The van der Waals surface area contributed by atoms with Crippen LogP contribution in [0.1, 0.15) is 6.42 Å². The number of hydrogen-bond acceptors (Lipinski definition) is 3. The summed E-state index contributed by atoms with van der Waals surface area (Å²) < 4.78 is 20.9. The summed E-state index contributed by atoms with van der Waals surface area (Å²) in [4.78, 5) is 33.6. The summed E-state index contributed by atoms with van der Waals surface area (Å²) in [5, 5.41) is 5.54. The minimum Gasteiger partial charge on any atom is -0.368 e. The molecule has 0 aliphatic heterocycles. The van der Waals surface area contributed by atoms with Gasteiger partial charge in [-0.1, -0.05) is 0 Å². The summed E-state index contributed by atoms with van der Waals surface area (Å²) in [6.45, 7) is 2.86. The average molecular weight is 219 g/mol. The summed E-state index contributed by atoms with van der Waals surface area (Å²) in [7, 11) is -10.6. The monoisotopic (exact) mass is 219 g/mol. The number of rotatable bonds is 3. The Morgan fingerprint density at radius 3 is 1.33 bits per heavy atom. The van der Waals surface area contributed by atoms with Gasteiger partial charge in [0.25, 0.3) is 5.08 Å². The van der Waals surface area contributed by atoms with E-state index in [1.807, 2.05) is 0 Å². The van der Waals surface area contributed by atoms with Crippen molar-refractivity contribution in [2.45, 2.75) is 11.5 Å². The van der Waals surface area contributed by atoms with E-state index in [2.05, 4.69) is 6.92 Å². The molecule has 9 heteroatoms. The van der Waals surface area contributed by atoms with Gasteiger partial charge in [-0.3, -0.25) is 9.13 Å². The lowest BCUT2D eigenvalue weighted by Crippen LogP contribution is -2.27. The maximum Gasteiger partial charge on any atom is 0.369 e. The van der Waals surface area contributed by atoms with Crippen molar-refractivity contribution < 1.29 is 33.8 Å². The molecule has 12 heavy (non-hydrogen) atoms. The van der Waals surface area contributed by atoms with Crippen LogP contribution in [0.2, 0.25) is 0 Å². The van der Waals surface area contributed by atoms with Gasteiger partial charge in [-0.05, 0) is 13.3 Å². The highest BCUT2D eigenvalue weighted by molar-refractivity contribution is 7.72. The molecule has 0 saturated carbocycles. The Labute approximate surface area is 68.4 Å². The van der Waals surface area contributed by atoms with Crippen molar-refractivity contribution in [1.29, 1.82) is 0 Å². The molecule has 0 heterocycles. The Morgan fingerprint density at radius 1 is 1.08 bits per heavy atom. The maximum absolute atomic E-state index is 10.4. The number of hydrogen-bond donors (Lipinski definition) is 5. The maximum atomic E-state index is 10.4. The highest BCUT2D eigenvalue weighted by Gasteiger charge is 2.57. The Morgan fingerprint density at radius 2 is 1.33 bits per heavy atom. The molecule has 0 aromatic heterocycles. The van der Waals surface area contributed by atoms with Crippen molar-refractivity contribution in [3.63, 3.8) is 0 Å². The largest absolute Gasteiger partial charge is 0.369 e. The zero-order chi connectivity index (χ0) is 10.2. The first-order valence-corrected chi connectivity index (χ1v) is 5.91. The van der Waals surface area contributed by atoms with Crippen LogP contribution in [-0.2, 0) is 9.13 Å². The first-order chi connectivity index (χ1) is 5.06. The van der Waals surface area contributed by atoms with E-state index in [4.69, 9.17) is 24.7 Å². The normalized spacial score (nSPS) is 14.8. The molecule has 5 N–H and O–H groups in total. The third kappa shape index (κ3) is 1.95. The van der Waals surface area contributed by atoms with E-state index in [1.54, 1.807) is 0 Å². The smallest absolute Gasteiger partial charge is 0.368 e. The van der Waals surface area contributed by atoms with Gasteiger partial charge >= 0.3 is 15.2 Å². The molecular formula is C3H9O7P2. The predicted molar refractivity (Wildman–Crippen MR) is 39.0 cm³/mol. The fourth-order valence-electron chi connectivity index (χ4n) is 0.461. The second-order valence-corrected chi connectivity index (χ2v) is 6.12. The average Bonchev–Trinajstić information content (AvgIpc) is 1.81. The summed E-state index contributed by atoms with van der Waals surface area (Å²) in [6.07, 6.45) is -0.971. The van der Waals surface area contributed by atoms with Gasteiger partial charge in [0.1, 0.15) is 0 Å². The van der Waals surface area contributed by atoms with Crippen molar-refractivity contribution in [2.24, 2.45) is 0 Å². The summed E-state index contributed by atoms with van der Waals surface area (Å²) in [5.41, 5.74) is 0. The number of aliphatic hydroxyl groups is 1. The van der Waals surface area contributed by atoms with Crippen molar-refractivity contribution in [1.82, 2.24) is 0 Å². The second kappa shape index (κ2) is 3.20. The van der Waals surface area contributed by atoms with E-state index in [0.29, 0.717) is 0 Å². The van der Waals surface area contributed by atoms with E-state index in [0.717, 1.165) is 0 Å². The van der Waals surface area contributed by atoms with Gasteiger partial charge in [0.05, 0.1) is 0 Å². The lowest BCUT2D eigenvalue weighted by atomic mass is 10.5. The van der Waals surface area contributed by atoms with E-state index < -0.39 is 26.7 Å². The molecule has 1 radical (unpaired) electrons. The zero-order valence-electron chi connectivity index (χ0n) is 5.86. The SMILES string of the molecule is [CH2]CC(O)(P(=O)(O)O)P(=O)(O)O. The second-order valence-electron chi connectivity index (χ2n) is 2.11. The van der Waals surface area contributed by atoms with Crippen LogP contribution in [-0.4, -0.2) is 29.8 Å². The summed E-state index contributed by atoms with van der Waals surface area (Å²) in [6, 6.07) is 0. The molecular weight excluding hydrogens is 210 g/mol. The molecule has 0 aliphatic carbocycles. The van der Waals surface area contributed by atoms with Gasteiger partial charge in [-0.25, -0.2) is 0 Å². The van der Waals surface area contributed by atoms with Gasteiger partial charge in [0, 0.05) is 0 Å². The summed E-state index contributed by atoms with van der Waals surface area (Å²) in [5.74, 6) is 0. The minimum atomic E-state index is -5.28. The Hall–Kier alpha value is 0.260. The van der Waals surface area contributed by atoms with E-state index in [-0.39, 0.29) is 0 Å². The molecule has 0 aliphatic rings. The topological polar surface area (TPSA) is 135 Å². The summed E-state index contributed by atoms with van der Waals surface area (Å²) >= 11 is 0. The lowest BCUT2D eigenvalue weighted by molar-refractivity contribution is 0.132. The molecule has 0 bridgehead atoms. The van der Waals surface area contributed by atoms with Crippen molar-refractivity contribution in [3.05, 3.63) is 6.92 Å². The van der Waals surface area contributed by atoms with Crippen LogP contribution in [0.3, 0.4) is 0 Å². The molecule has 0 atom stereocenters. The molecule has 7 nitrogen and oxygen atoms in total. The van der Waals surface area contributed by atoms with Crippen molar-refractivity contribution in [2.75, 3.05) is 0 Å². The van der Waals surface area contributed by atoms with Crippen LogP contribution < -0.4 is 0 Å². The van der Waals surface area contributed by atoms with Crippen LogP contribution >= 0.6 is 15.2 Å². The molecule has 0 aromatic carbocycles. The van der Waals surface area contributed by atoms with Crippen LogP contribution in [0.15, 0.2) is 0 Å². The van der Waals surface area contributed by atoms with Gasteiger partial charge in [-0.2, -0.15) is 0 Å². The third-order valence-corrected chi connectivity index (χ3v) is 5.14. The molecule has 0 unspecified atom stereocenters. The molecule has 0 spiro atoms. The van der Waals surface area contributed by atoms with Crippen LogP contribution in [0.5, 0.6) is 0 Å². The van der Waals surface area contributed by atoms with Gasteiger partial charge in [-0.15, -0.1) is 0 Å². The highest BCUT2D eigenvalue weighted by atomic mass is 31.2. The van der Waals surface area contributed by atoms with E-state index in [1.165, 1.54) is 0 Å². The van der Waals surface area contributed by atoms with Crippen LogP contribution in [0, 0.1) is 6.92 Å². The van der Waals surface area contributed by atoms with Crippen molar-refractivity contribution >= 4 is 15.2 Å². The molecule has 0 rings (SSSR count). The van der Waals surface area contributed by atoms with E-state index in [9.17, 15) is 9.13 Å². The minimum absolute atomic E-state index is 0.971. The Bertz CT molecular complexity index is 225. The van der Waals surface area contributed by atoms with E-state index >= 15 is 0 Å². The molecule has 0 saturated heterocycles. The fourth-order valence-corrected chi connectivity index (χ4v) is 2.40. The molecule has 0 fully saturated rings. The molecule has 0 aromatic rings. The highest BCUT2D eigenvalue weighted by Crippen LogP contribution is 2.68. The quantitative estimate of drug-likeness (QED) is 0.392. The van der Waals surface area contributed by atoms with Crippen LogP contribution in [0.25, 0.3) is 0 Å². The van der Waals surface area contributed by atoms with Gasteiger partial charge < -0.3 is 24.7 Å². The molecule has 73 valence electrons. The molecule has 0 amide bonds. The first kappa shape index (κ1) is 12.3. The van der Waals surface area contributed by atoms with Gasteiger partial charge in [0.2, 0.25) is 0 Å². The fraction of sp³-hybridized carbons (Fsp3) is 0.667. The first-order valence-electron chi connectivity index (χ1n) is 2.69. The Kier molecular flexibility index (Phi) is 3.26.